The second kappa shape index (κ2) is 9.71. The van der Waals surface area contributed by atoms with Crippen molar-refractivity contribution < 1.29 is 19.5 Å². The van der Waals surface area contributed by atoms with Crippen LogP contribution in [0.2, 0.25) is 0 Å². The normalized spacial score (nSPS) is 18.3. The second-order valence-electron chi connectivity index (χ2n) is 8.19. The Hall–Kier alpha value is -2.37. The topological polar surface area (TPSA) is 95.5 Å². The minimum absolute atomic E-state index is 0.00851. The molecule has 6 heteroatoms. The summed E-state index contributed by atoms with van der Waals surface area (Å²) in [5, 5.41) is 14.9. The van der Waals surface area contributed by atoms with Crippen LogP contribution in [0, 0.1) is 11.8 Å². The van der Waals surface area contributed by atoms with Crippen molar-refractivity contribution in [2.24, 2.45) is 11.8 Å². The molecule has 3 rings (SSSR count). The molecule has 0 aromatic heterocycles. The van der Waals surface area contributed by atoms with Crippen LogP contribution >= 0.6 is 0 Å². The largest absolute Gasteiger partial charge is 0.481 e. The maximum atomic E-state index is 12.8. The van der Waals surface area contributed by atoms with Crippen LogP contribution in [-0.2, 0) is 9.59 Å². The molecule has 2 saturated carbocycles. The highest BCUT2D eigenvalue weighted by atomic mass is 16.4. The van der Waals surface area contributed by atoms with E-state index in [2.05, 4.69) is 10.6 Å². The van der Waals surface area contributed by atoms with Gasteiger partial charge < -0.3 is 15.7 Å². The van der Waals surface area contributed by atoms with Crippen molar-refractivity contribution in [1.29, 1.82) is 0 Å². The summed E-state index contributed by atoms with van der Waals surface area (Å²) < 4.78 is 0. The summed E-state index contributed by atoms with van der Waals surface area (Å²) in [6.45, 7) is 0. The third kappa shape index (κ3) is 6.36. The third-order valence-electron chi connectivity index (χ3n) is 5.72. The molecular weight excluding hydrogens is 356 g/mol. The van der Waals surface area contributed by atoms with Crippen LogP contribution in [-0.4, -0.2) is 28.9 Å². The predicted molar refractivity (Wildman–Crippen MR) is 107 cm³/mol. The first-order valence-electron chi connectivity index (χ1n) is 10.4. The molecule has 3 N–H and O–H groups in total. The molecule has 1 aromatic carbocycles. The Bertz CT molecular complexity index is 708. The standard InChI is InChI=1S/C22H30N2O4/c25-20(26)12-11-19(13-15-5-2-1-3-6-15)24-22(28)17-7-4-8-18(14-17)23-21(27)16-9-10-16/h4,7-8,14-16,19H,1-3,5-6,9-13H2,(H,23,27)(H,24,28)(H,25,26). The van der Waals surface area contributed by atoms with Gasteiger partial charge in [-0.3, -0.25) is 14.4 Å². The Morgan fingerprint density at radius 3 is 2.50 bits per heavy atom. The SMILES string of the molecule is O=C(O)CCC(CC1CCCCC1)NC(=O)c1cccc(NC(=O)C2CC2)c1. The average molecular weight is 386 g/mol. The summed E-state index contributed by atoms with van der Waals surface area (Å²) >= 11 is 0. The molecule has 0 bridgehead atoms. The van der Waals surface area contributed by atoms with Crippen molar-refractivity contribution in [3.05, 3.63) is 29.8 Å². The van der Waals surface area contributed by atoms with E-state index in [0.29, 0.717) is 23.6 Å². The Labute approximate surface area is 166 Å². The highest BCUT2D eigenvalue weighted by Crippen LogP contribution is 2.30. The molecule has 1 aromatic rings. The smallest absolute Gasteiger partial charge is 0.303 e. The van der Waals surface area contributed by atoms with E-state index in [9.17, 15) is 14.4 Å². The Balaban J connectivity index is 1.60. The molecule has 1 atom stereocenters. The van der Waals surface area contributed by atoms with E-state index < -0.39 is 5.97 Å². The van der Waals surface area contributed by atoms with Crippen molar-refractivity contribution in [3.63, 3.8) is 0 Å². The fraction of sp³-hybridized carbons (Fsp3) is 0.591. The quantitative estimate of drug-likeness (QED) is 0.598. The molecule has 0 spiro atoms. The first-order chi connectivity index (χ1) is 13.5. The average Bonchev–Trinajstić information content (AvgIpc) is 3.52. The molecular formula is C22H30N2O4. The van der Waals surface area contributed by atoms with Crippen molar-refractivity contribution >= 4 is 23.5 Å². The molecule has 0 aliphatic heterocycles. The van der Waals surface area contributed by atoms with E-state index in [0.717, 1.165) is 32.1 Å². The molecule has 1 unspecified atom stereocenters. The molecule has 2 aliphatic carbocycles. The van der Waals surface area contributed by atoms with Crippen LogP contribution in [0.25, 0.3) is 0 Å². The van der Waals surface area contributed by atoms with Gasteiger partial charge in [0.15, 0.2) is 0 Å². The van der Waals surface area contributed by atoms with E-state index in [1.807, 2.05) is 0 Å². The van der Waals surface area contributed by atoms with Crippen LogP contribution in [0.4, 0.5) is 5.69 Å². The summed E-state index contributed by atoms with van der Waals surface area (Å²) in [6.07, 6.45) is 9.19. The zero-order valence-corrected chi connectivity index (χ0v) is 16.3. The van der Waals surface area contributed by atoms with Gasteiger partial charge in [0.05, 0.1) is 0 Å². The number of carbonyl (C=O) groups excluding carboxylic acids is 2. The number of rotatable bonds is 9. The fourth-order valence-electron chi connectivity index (χ4n) is 3.97. The molecule has 152 valence electrons. The third-order valence-corrected chi connectivity index (χ3v) is 5.72. The first-order valence-corrected chi connectivity index (χ1v) is 10.4. The van der Waals surface area contributed by atoms with Gasteiger partial charge >= 0.3 is 5.97 Å². The Kier molecular flexibility index (Phi) is 7.06. The van der Waals surface area contributed by atoms with Gasteiger partial charge in [-0.25, -0.2) is 0 Å². The maximum Gasteiger partial charge on any atom is 0.303 e. The zero-order chi connectivity index (χ0) is 19.9. The number of aliphatic carboxylic acids is 1. The van der Waals surface area contributed by atoms with Crippen molar-refractivity contribution in [1.82, 2.24) is 5.32 Å². The number of carboxylic acids is 1. The molecule has 6 nitrogen and oxygen atoms in total. The first kappa shape index (κ1) is 20.4. The molecule has 2 amide bonds. The lowest BCUT2D eigenvalue weighted by molar-refractivity contribution is -0.137. The minimum Gasteiger partial charge on any atom is -0.481 e. The Morgan fingerprint density at radius 1 is 1.07 bits per heavy atom. The van der Waals surface area contributed by atoms with Crippen LogP contribution < -0.4 is 10.6 Å². The summed E-state index contributed by atoms with van der Waals surface area (Å²) in [6, 6.07) is 6.80. The van der Waals surface area contributed by atoms with Crippen molar-refractivity contribution in [2.45, 2.75) is 70.3 Å². The number of hydrogen-bond donors (Lipinski definition) is 3. The van der Waals surface area contributed by atoms with Crippen LogP contribution in [0.15, 0.2) is 24.3 Å². The molecule has 2 fully saturated rings. The summed E-state index contributed by atoms with van der Waals surface area (Å²) in [4.78, 5) is 35.7. The number of hydrogen-bond acceptors (Lipinski definition) is 3. The van der Waals surface area contributed by atoms with E-state index >= 15 is 0 Å². The molecule has 2 aliphatic rings. The van der Waals surface area contributed by atoms with E-state index in [-0.39, 0.29) is 30.2 Å². The van der Waals surface area contributed by atoms with Gasteiger partial charge in [0.2, 0.25) is 5.91 Å². The highest BCUT2D eigenvalue weighted by molar-refractivity contribution is 5.98. The number of amides is 2. The Morgan fingerprint density at radius 2 is 1.82 bits per heavy atom. The van der Waals surface area contributed by atoms with Crippen LogP contribution in [0.5, 0.6) is 0 Å². The lowest BCUT2D eigenvalue weighted by atomic mass is 9.84. The predicted octanol–water partition coefficient (Wildman–Crippen LogP) is 3.97. The van der Waals surface area contributed by atoms with E-state index in [1.165, 1.54) is 19.3 Å². The molecule has 0 radical (unpaired) electrons. The van der Waals surface area contributed by atoms with Gasteiger partial charge in [-0.05, 0) is 49.8 Å². The summed E-state index contributed by atoms with van der Waals surface area (Å²) in [7, 11) is 0. The number of benzene rings is 1. The monoisotopic (exact) mass is 386 g/mol. The van der Waals surface area contributed by atoms with Gasteiger partial charge in [-0.15, -0.1) is 0 Å². The fourth-order valence-corrected chi connectivity index (χ4v) is 3.97. The van der Waals surface area contributed by atoms with Crippen LogP contribution in [0.3, 0.4) is 0 Å². The minimum atomic E-state index is -0.840. The lowest BCUT2D eigenvalue weighted by Crippen LogP contribution is -2.37. The summed E-state index contributed by atoms with van der Waals surface area (Å²) in [5.74, 6) is -0.388. The number of carboxylic acid groups (broad SMARTS) is 1. The van der Waals surface area contributed by atoms with Gasteiger partial charge in [0.1, 0.15) is 0 Å². The molecule has 28 heavy (non-hydrogen) atoms. The van der Waals surface area contributed by atoms with Crippen molar-refractivity contribution in [2.75, 3.05) is 5.32 Å². The number of nitrogens with one attached hydrogen (secondary N) is 2. The van der Waals surface area contributed by atoms with E-state index in [4.69, 9.17) is 5.11 Å². The number of carbonyl (C=O) groups is 3. The van der Waals surface area contributed by atoms with Gasteiger partial charge in [-0.2, -0.15) is 0 Å². The molecule has 0 saturated heterocycles. The van der Waals surface area contributed by atoms with Crippen LogP contribution in [0.1, 0.15) is 74.6 Å². The highest BCUT2D eigenvalue weighted by Gasteiger charge is 2.29. The van der Waals surface area contributed by atoms with E-state index in [1.54, 1.807) is 24.3 Å². The van der Waals surface area contributed by atoms with Crippen molar-refractivity contribution in [3.8, 4) is 0 Å². The maximum absolute atomic E-state index is 12.8. The number of anilines is 1. The van der Waals surface area contributed by atoms with Gasteiger partial charge in [0.25, 0.3) is 5.91 Å². The van der Waals surface area contributed by atoms with Gasteiger partial charge in [-0.1, -0.05) is 38.2 Å². The molecule has 0 heterocycles. The summed E-state index contributed by atoms with van der Waals surface area (Å²) in [5.41, 5.74) is 1.11. The van der Waals surface area contributed by atoms with Gasteiger partial charge in [0, 0.05) is 29.6 Å². The second-order valence-corrected chi connectivity index (χ2v) is 8.19. The lowest BCUT2D eigenvalue weighted by Gasteiger charge is -2.27. The zero-order valence-electron chi connectivity index (χ0n) is 16.3.